The van der Waals surface area contributed by atoms with Gasteiger partial charge in [0.1, 0.15) is 5.69 Å². The lowest BCUT2D eigenvalue weighted by molar-refractivity contribution is 0.0941. The first-order valence-electron chi connectivity index (χ1n) is 9.07. The maximum absolute atomic E-state index is 13.0. The third-order valence-electron chi connectivity index (χ3n) is 4.45. The van der Waals surface area contributed by atoms with Crippen LogP contribution in [0.1, 0.15) is 33.8 Å². The highest BCUT2D eigenvalue weighted by Crippen LogP contribution is 2.24. The molecule has 1 atom stereocenters. The number of nitrogens with one attached hydrogen (secondary N) is 1. The summed E-state index contributed by atoms with van der Waals surface area (Å²) in [7, 11) is 0. The van der Waals surface area contributed by atoms with Crippen LogP contribution in [0.2, 0.25) is 0 Å². The van der Waals surface area contributed by atoms with Gasteiger partial charge in [0, 0.05) is 29.0 Å². The van der Waals surface area contributed by atoms with Crippen molar-refractivity contribution in [3.05, 3.63) is 94.6 Å². The zero-order valence-electron chi connectivity index (χ0n) is 15.4. The first-order chi connectivity index (χ1) is 13.7. The number of hydrogen-bond donors (Lipinski definition) is 1. The molecule has 0 radical (unpaired) electrons. The van der Waals surface area contributed by atoms with E-state index in [1.165, 1.54) is 0 Å². The minimum absolute atomic E-state index is 0.0632. The van der Waals surface area contributed by atoms with E-state index in [9.17, 15) is 4.79 Å². The van der Waals surface area contributed by atoms with Crippen LogP contribution in [0.3, 0.4) is 0 Å². The number of amides is 1. The molecule has 140 valence electrons. The summed E-state index contributed by atoms with van der Waals surface area (Å²) in [5, 5.41) is 9.78. The van der Waals surface area contributed by atoms with Gasteiger partial charge in [-0.15, -0.1) is 11.3 Å². The van der Waals surface area contributed by atoms with E-state index in [1.807, 2.05) is 77.8 Å². The molecule has 0 aliphatic carbocycles. The maximum Gasteiger partial charge on any atom is 0.255 e. The molecule has 3 heterocycles. The van der Waals surface area contributed by atoms with E-state index in [0.717, 1.165) is 16.0 Å². The van der Waals surface area contributed by atoms with Crippen LogP contribution >= 0.6 is 11.3 Å². The zero-order chi connectivity index (χ0) is 19.3. The Morgan fingerprint density at radius 1 is 1.14 bits per heavy atom. The minimum atomic E-state index is -0.140. The van der Waals surface area contributed by atoms with Crippen molar-refractivity contribution in [2.24, 2.45) is 0 Å². The second kappa shape index (κ2) is 8.19. The summed E-state index contributed by atoms with van der Waals surface area (Å²) in [5.74, 6) is -0.140. The van der Waals surface area contributed by atoms with Gasteiger partial charge in [0.05, 0.1) is 18.2 Å². The van der Waals surface area contributed by atoms with Gasteiger partial charge in [-0.2, -0.15) is 5.10 Å². The van der Waals surface area contributed by atoms with Crippen LogP contribution in [0.15, 0.2) is 78.6 Å². The fourth-order valence-corrected chi connectivity index (χ4v) is 3.77. The Morgan fingerprint density at radius 2 is 2.00 bits per heavy atom. The normalized spacial score (nSPS) is 11.9. The third-order valence-corrected chi connectivity index (χ3v) is 5.50. The van der Waals surface area contributed by atoms with Crippen molar-refractivity contribution in [3.63, 3.8) is 0 Å². The SMILES string of the molecule is C[C@@H](NC(=O)c1cn(Cc2ccccc2)nc1-c1cccnc1)c1cccs1. The van der Waals surface area contributed by atoms with Crippen LogP contribution in [0.4, 0.5) is 0 Å². The van der Waals surface area contributed by atoms with Crippen molar-refractivity contribution < 1.29 is 4.79 Å². The molecule has 4 aromatic rings. The molecule has 1 amide bonds. The average molecular weight is 388 g/mol. The molecule has 28 heavy (non-hydrogen) atoms. The molecule has 1 N–H and O–H groups in total. The van der Waals surface area contributed by atoms with Crippen molar-refractivity contribution in [2.75, 3.05) is 0 Å². The smallest absolute Gasteiger partial charge is 0.255 e. The van der Waals surface area contributed by atoms with Gasteiger partial charge >= 0.3 is 0 Å². The van der Waals surface area contributed by atoms with Crippen molar-refractivity contribution >= 4 is 17.2 Å². The molecule has 3 aromatic heterocycles. The van der Waals surface area contributed by atoms with Crippen LogP contribution < -0.4 is 5.32 Å². The zero-order valence-corrected chi connectivity index (χ0v) is 16.3. The molecule has 1 aromatic carbocycles. The quantitative estimate of drug-likeness (QED) is 0.527. The number of thiophene rings is 1. The Morgan fingerprint density at radius 3 is 2.71 bits per heavy atom. The van der Waals surface area contributed by atoms with Crippen LogP contribution in [0.25, 0.3) is 11.3 Å². The fraction of sp³-hybridized carbons (Fsp3) is 0.136. The van der Waals surface area contributed by atoms with Gasteiger partial charge in [0.15, 0.2) is 0 Å². The number of carbonyl (C=O) groups is 1. The lowest BCUT2D eigenvalue weighted by Crippen LogP contribution is -2.26. The number of nitrogens with zero attached hydrogens (tertiary/aromatic N) is 3. The molecular formula is C22H20N4OS. The fourth-order valence-electron chi connectivity index (χ4n) is 3.04. The summed E-state index contributed by atoms with van der Waals surface area (Å²) >= 11 is 1.63. The van der Waals surface area contributed by atoms with Gasteiger partial charge in [-0.05, 0) is 36.1 Å². The second-order valence-corrected chi connectivity index (χ2v) is 7.51. The predicted molar refractivity (Wildman–Crippen MR) is 111 cm³/mol. The van der Waals surface area contributed by atoms with Gasteiger partial charge in [-0.25, -0.2) is 0 Å². The first kappa shape index (κ1) is 18.1. The van der Waals surface area contributed by atoms with Crippen LogP contribution in [0, 0.1) is 0 Å². The molecule has 4 rings (SSSR count). The number of hydrogen-bond acceptors (Lipinski definition) is 4. The van der Waals surface area contributed by atoms with E-state index < -0.39 is 0 Å². The van der Waals surface area contributed by atoms with Gasteiger partial charge in [0.2, 0.25) is 0 Å². The molecule has 0 unspecified atom stereocenters. The Kier molecular flexibility index (Phi) is 5.30. The largest absolute Gasteiger partial charge is 0.345 e. The highest BCUT2D eigenvalue weighted by Gasteiger charge is 2.20. The highest BCUT2D eigenvalue weighted by molar-refractivity contribution is 7.10. The molecular weight excluding hydrogens is 368 g/mol. The monoisotopic (exact) mass is 388 g/mol. The van der Waals surface area contributed by atoms with Crippen LogP contribution in [-0.4, -0.2) is 20.7 Å². The summed E-state index contributed by atoms with van der Waals surface area (Å²) in [6.45, 7) is 2.59. The summed E-state index contributed by atoms with van der Waals surface area (Å²) in [6.07, 6.45) is 5.25. The molecule has 0 bridgehead atoms. The maximum atomic E-state index is 13.0. The highest BCUT2D eigenvalue weighted by atomic mass is 32.1. The van der Waals surface area contributed by atoms with Gasteiger partial charge < -0.3 is 5.32 Å². The molecule has 0 spiro atoms. The Hall–Kier alpha value is -3.25. The van der Waals surface area contributed by atoms with Gasteiger partial charge in [-0.1, -0.05) is 36.4 Å². The number of carbonyl (C=O) groups excluding carboxylic acids is 1. The summed E-state index contributed by atoms with van der Waals surface area (Å²) in [5.41, 5.74) is 3.14. The van der Waals surface area contributed by atoms with Crippen LogP contribution in [0.5, 0.6) is 0 Å². The third kappa shape index (κ3) is 4.02. The topological polar surface area (TPSA) is 59.8 Å². The Labute approximate surface area is 167 Å². The Balaban J connectivity index is 1.65. The molecule has 6 heteroatoms. The van der Waals surface area contributed by atoms with Gasteiger partial charge in [-0.3, -0.25) is 14.5 Å². The van der Waals surface area contributed by atoms with Crippen molar-refractivity contribution in [3.8, 4) is 11.3 Å². The number of benzene rings is 1. The summed E-state index contributed by atoms with van der Waals surface area (Å²) in [6, 6.07) is 17.8. The van der Waals surface area contributed by atoms with Crippen molar-refractivity contribution in [1.29, 1.82) is 0 Å². The number of pyridine rings is 1. The first-order valence-corrected chi connectivity index (χ1v) is 9.95. The molecule has 0 fully saturated rings. The van der Waals surface area contributed by atoms with Crippen LogP contribution in [-0.2, 0) is 6.54 Å². The van der Waals surface area contributed by atoms with E-state index in [1.54, 1.807) is 23.7 Å². The van der Waals surface area contributed by atoms with Gasteiger partial charge in [0.25, 0.3) is 5.91 Å². The van der Waals surface area contributed by atoms with E-state index in [-0.39, 0.29) is 11.9 Å². The molecule has 0 saturated heterocycles. The summed E-state index contributed by atoms with van der Waals surface area (Å²) in [4.78, 5) is 18.3. The Bertz CT molecular complexity index is 1040. The molecule has 0 aliphatic rings. The second-order valence-electron chi connectivity index (χ2n) is 6.53. The predicted octanol–water partition coefficient (Wildman–Crippen LogP) is 4.55. The summed E-state index contributed by atoms with van der Waals surface area (Å²) < 4.78 is 1.81. The number of rotatable bonds is 6. The van der Waals surface area contributed by atoms with E-state index in [4.69, 9.17) is 0 Å². The van der Waals surface area contributed by atoms with E-state index >= 15 is 0 Å². The molecule has 5 nitrogen and oxygen atoms in total. The van der Waals surface area contributed by atoms with E-state index in [0.29, 0.717) is 17.8 Å². The lowest BCUT2D eigenvalue weighted by atomic mass is 10.1. The minimum Gasteiger partial charge on any atom is -0.345 e. The number of aromatic nitrogens is 3. The van der Waals surface area contributed by atoms with Crippen molar-refractivity contribution in [2.45, 2.75) is 19.5 Å². The molecule has 0 saturated carbocycles. The molecule has 0 aliphatic heterocycles. The average Bonchev–Trinajstić information content (AvgIpc) is 3.40. The van der Waals surface area contributed by atoms with Crippen molar-refractivity contribution in [1.82, 2.24) is 20.1 Å². The standard InChI is InChI=1S/C22H20N4OS/c1-16(20-10-6-12-28-20)24-22(27)19-15-26(14-17-7-3-2-4-8-17)25-21(19)18-9-5-11-23-13-18/h2-13,15-16H,14H2,1H3,(H,24,27)/t16-/m1/s1. The lowest BCUT2D eigenvalue weighted by Gasteiger charge is -2.12. The van der Waals surface area contributed by atoms with E-state index in [2.05, 4.69) is 15.4 Å².